The number of nitrogens with zero attached hydrogens (tertiary/aromatic N) is 3. The summed E-state index contributed by atoms with van der Waals surface area (Å²) in [6.45, 7) is 1.78. The van der Waals surface area contributed by atoms with E-state index in [-0.39, 0.29) is 10.6 Å². The van der Waals surface area contributed by atoms with Gasteiger partial charge in [0.1, 0.15) is 5.69 Å². The molecule has 2 aromatic carbocycles. The molecule has 0 fully saturated rings. The molecule has 0 saturated heterocycles. The molecule has 0 atom stereocenters. The second-order valence-corrected chi connectivity index (χ2v) is 10.1. The van der Waals surface area contributed by atoms with E-state index < -0.39 is 15.9 Å². The highest BCUT2D eigenvalue weighted by Gasteiger charge is 2.21. The van der Waals surface area contributed by atoms with E-state index in [2.05, 4.69) is 10.4 Å². The van der Waals surface area contributed by atoms with Crippen molar-refractivity contribution in [2.45, 2.75) is 11.8 Å². The van der Waals surface area contributed by atoms with Crippen molar-refractivity contribution in [2.75, 3.05) is 19.4 Å². The number of sulfonamides is 1. The normalized spacial score (nSPS) is 11.7. The summed E-state index contributed by atoms with van der Waals surface area (Å²) in [6, 6.07) is 16.7. The Morgan fingerprint density at radius 1 is 1.09 bits per heavy atom. The second kappa shape index (κ2) is 8.86. The standard InChI is InChI=1S/C23H21ClN4O4S/c1-15-6-11-18(33(30,31)27(2)3)13-19(15)25-23(29)20-14-21(22-5-4-12-32-22)28(26-20)17-9-7-16(24)8-10-17/h4-14H,1-3H3,(H,25,29). The third-order valence-corrected chi connectivity index (χ3v) is 7.09. The predicted octanol–water partition coefficient (Wildman–Crippen LogP) is 4.60. The first-order valence-electron chi connectivity index (χ1n) is 9.91. The van der Waals surface area contributed by atoms with Crippen molar-refractivity contribution in [3.05, 3.63) is 83.2 Å². The Bertz CT molecular complexity index is 1410. The molecule has 4 aromatic rings. The Balaban J connectivity index is 1.71. The summed E-state index contributed by atoms with van der Waals surface area (Å²) in [5.41, 5.74) is 2.50. The molecule has 0 spiro atoms. The van der Waals surface area contributed by atoms with Gasteiger partial charge >= 0.3 is 0 Å². The van der Waals surface area contributed by atoms with Crippen molar-refractivity contribution in [3.63, 3.8) is 0 Å². The first-order valence-corrected chi connectivity index (χ1v) is 11.7. The number of carbonyl (C=O) groups is 1. The van der Waals surface area contributed by atoms with Crippen LogP contribution in [0.4, 0.5) is 5.69 Å². The topological polar surface area (TPSA) is 97.4 Å². The van der Waals surface area contributed by atoms with Crippen LogP contribution >= 0.6 is 11.6 Å². The number of carbonyl (C=O) groups excluding carboxylic acids is 1. The zero-order chi connectivity index (χ0) is 23.8. The summed E-state index contributed by atoms with van der Waals surface area (Å²) in [5, 5.41) is 7.82. The number of aromatic nitrogens is 2. The lowest BCUT2D eigenvalue weighted by Gasteiger charge is -2.14. The van der Waals surface area contributed by atoms with E-state index in [4.69, 9.17) is 16.0 Å². The minimum absolute atomic E-state index is 0.0800. The van der Waals surface area contributed by atoms with Crippen molar-refractivity contribution in [1.82, 2.24) is 14.1 Å². The number of aryl methyl sites for hydroxylation is 1. The molecule has 2 aromatic heterocycles. The lowest BCUT2D eigenvalue weighted by atomic mass is 10.2. The average Bonchev–Trinajstić information content (AvgIpc) is 3.45. The fourth-order valence-electron chi connectivity index (χ4n) is 3.16. The first-order chi connectivity index (χ1) is 15.7. The maximum Gasteiger partial charge on any atom is 0.276 e. The number of rotatable bonds is 6. The van der Waals surface area contributed by atoms with Gasteiger partial charge in [-0.25, -0.2) is 17.4 Å². The summed E-state index contributed by atoms with van der Waals surface area (Å²) in [7, 11) is -0.746. The molecule has 2 heterocycles. The van der Waals surface area contributed by atoms with Crippen molar-refractivity contribution in [3.8, 4) is 17.1 Å². The molecule has 0 bridgehead atoms. The van der Waals surface area contributed by atoms with Crippen molar-refractivity contribution in [2.24, 2.45) is 0 Å². The van der Waals surface area contributed by atoms with Gasteiger partial charge in [-0.05, 0) is 61.0 Å². The zero-order valence-corrected chi connectivity index (χ0v) is 19.7. The lowest BCUT2D eigenvalue weighted by Crippen LogP contribution is -2.22. The molecule has 8 nitrogen and oxygen atoms in total. The Labute approximate surface area is 196 Å². The van der Waals surface area contributed by atoms with E-state index in [0.29, 0.717) is 33.4 Å². The van der Waals surface area contributed by atoms with Crippen molar-refractivity contribution < 1.29 is 17.6 Å². The highest BCUT2D eigenvalue weighted by Crippen LogP contribution is 2.27. The van der Waals surface area contributed by atoms with Crippen LogP contribution in [0.5, 0.6) is 0 Å². The van der Waals surface area contributed by atoms with Crippen LogP contribution in [0, 0.1) is 6.92 Å². The van der Waals surface area contributed by atoms with E-state index in [1.54, 1.807) is 60.1 Å². The van der Waals surface area contributed by atoms with E-state index in [9.17, 15) is 13.2 Å². The summed E-state index contributed by atoms with van der Waals surface area (Å²) >= 11 is 6.01. The van der Waals surface area contributed by atoms with Gasteiger partial charge in [-0.15, -0.1) is 0 Å². The molecule has 33 heavy (non-hydrogen) atoms. The van der Waals surface area contributed by atoms with Gasteiger partial charge in [0.25, 0.3) is 5.91 Å². The monoisotopic (exact) mass is 484 g/mol. The van der Waals surface area contributed by atoms with Crippen molar-refractivity contribution in [1.29, 1.82) is 0 Å². The molecule has 0 aliphatic carbocycles. The number of benzene rings is 2. The van der Waals surface area contributed by atoms with E-state index >= 15 is 0 Å². The second-order valence-electron chi connectivity index (χ2n) is 7.50. The molecule has 170 valence electrons. The van der Waals surface area contributed by atoms with Gasteiger partial charge in [0.05, 0.1) is 16.8 Å². The van der Waals surface area contributed by atoms with Gasteiger partial charge in [-0.3, -0.25) is 4.79 Å². The van der Waals surface area contributed by atoms with Crippen LogP contribution in [0.1, 0.15) is 16.1 Å². The molecule has 4 rings (SSSR count). The maximum absolute atomic E-state index is 13.1. The molecule has 0 unspecified atom stereocenters. The average molecular weight is 485 g/mol. The quantitative estimate of drug-likeness (QED) is 0.431. The Kier molecular flexibility index (Phi) is 6.11. The predicted molar refractivity (Wildman–Crippen MR) is 126 cm³/mol. The SMILES string of the molecule is Cc1ccc(S(=O)(=O)N(C)C)cc1NC(=O)c1cc(-c2ccco2)n(-c2ccc(Cl)cc2)n1. The molecule has 1 N–H and O–H groups in total. The molecule has 0 saturated carbocycles. The number of nitrogens with one attached hydrogen (secondary N) is 1. The van der Waals surface area contributed by atoms with Gasteiger partial charge in [-0.1, -0.05) is 17.7 Å². The largest absolute Gasteiger partial charge is 0.463 e. The minimum atomic E-state index is -3.65. The van der Waals surface area contributed by atoms with Crippen LogP contribution in [-0.2, 0) is 10.0 Å². The van der Waals surface area contributed by atoms with E-state index in [1.165, 1.54) is 32.5 Å². The van der Waals surface area contributed by atoms with Crippen LogP contribution in [0.25, 0.3) is 17.1 Å². The first kappa shape index (κ1) is 22.8. The Morgan fingerprint density at radius 3 is 2.45 bits per heavy atom. The number of furan rings is 1. The smallest absolute Gasteiger partial charge is 0.276 e. The van der Waals surface area contributed by atoms with Gasteiger partial charge < -0.3 is 9.73 Å². The zero-order valence-electron chi connectivity index (χ0n) is 18.1. The number of hydrogen-bond acceptors (Lipinski definition) is 5. The summed E-state index contributed by atoms with van der Waals surface area (Å²) in [4.78, 5) is 13.2. The lowest BCUT2D eigenvalue weighted by molar-refractivity contribution is 0.102. The molecule has 1 amide bonds. The van der Waals surface area contributed by atoms with E-state index in [1.807, 2.05) is 0 Å². The van der Waals surface area contributed by atoms with Crippen LogP contribution < -0.4 is 5.32 Å². The van der Waals surface area contributed by atoms with Crippen LogP contribution in [-0.4, -0.2) is 42.5 Å². The van der Waals surface area contributed by atoms with Gasteiger partial charge in [0.15, 0.2) is 11.5 Å². The molecular weight excluding hydrogens is 464 g/mol. The van der Waals surface area contributed by atoms with Crippen molar-refractivity contribution >= 4 is 33.2 Å². The van der Waals surface area contributed by atoms with Crippen LogP contribution in [0.3, 0.4) is 0 Å². The third-order valence-electron chi connectivity index (χ3n) is 5.02. The fraction of sp³-hybridized carbons (Fsp3) is 0.130. The Morgan fingerprint density at radius 2 is 1.82 bits per heavy atom. The number of anilines is 1. The van der Waals surface area contributed by atoms with Gasteiger partial charge in [0.2, 0.25) is 10.0 Å². The fourth-order valence-corrected chi connectivity index (χ4v) is 4.22. The number of halogens is 1. The molecular formula is C23H21ClN4O4S. The molecule has 0 aliphatic heterocycles. The molecule has 0 radical (unpaired) electrons. The maximum atomic E-state index is 13.1. The molecule has 0 aliphatic rings. The number of amides is 1. The van der Waals surface area contributed by atoms with Crippen LogP contribution in [0.15, 0.2) is 76.2 Å². The highest BCUT2D eigenvalue weighted by molar-refractivity contribution is 7.89. The number of hydrogen-bond donors (Lipinski definition) is 1. The van der Waals surface area contributed by atoms with Crippen LogP contribution in [0.2, 0.25) is 5.02 Å². The van der Waals surface area contributed by atoms with Gasteiger partial charge in [-0.2, -0.15) is 5.10 Å². The highest BCUT2D eigenvalue weighted by atomic mass is 35.5. The molecule has 10 heteroatoms. The summed E-state index contributed by atoms with van der Waals surface area (Å²) < 4.78 is 33.2. The van der Waals surface area contributed by atoms with E-state index in [0.717, 1.165) is 4.31 Å². The third kappa shape index (κ3) is 4.56. The minimum Gasteiger partial charge on any atom is -0.463 e. The summed E-state index contributed by atoms with van der Waals surface area (Å²) in [5.74, 6) is 0.0461. The van der Waals surface area contributed by atoms with Gasteiger partial charge in [0, 0.05) is 30.9 Å². The summed E-state index contributed by atoms with van der Waals surface area (Å²) in [6.07, 6.45) is 1.54. The Hall–Kier alpha value is -3.40.